The molecule has 112 valence electrons. The van der Waals surface area contributed by atoms with Crippen molar-refractivity contribution in [3.63, 3.8) is 0 Å². The molecule has 5 heteroatoms. The predicted molar refractivity (Wildman–Crippen MR) is 81.2 cm³/mol. The van der Waals surface area contributed by atoms with E-state index in [1.54, 1.807) is 11.8 Å². The first-order chi connectivity index (χ1) is 8.91. The number of nitrogens with two attached hydrogens (primary N) is 1. The van der Waals surface area contributed by atoms with Gasteiger partial charge in [0.2, 0.25) is 5.91 Å². The van der Waals surface area contributed by atoms with Crippen molar-refractivity contribution in [1.82, 2.24) is 5.32 Å². The number of carbonyl (C=O) groups is 1. The Morgan fingerprint density at radius 2 is 2.26 bits per heavy atom. The van der Waals surface area contributed by atoms with E-state index < -0.39 is 5.54 Å². The first-order valence-corrected chi connectivity index (χ1v) is 8.24. The van der Waals surface area contributed by atoms with Crippen LogP contribution in [0, 0.1) is 0 Å². The summed E-state index contributed by atoms with van der Waals surface area (Å²) in [6, 6.07) is 0. The van der Waals surface area contributed by atoms with E-state index >= 15 is 0 Å². The molecule has 0 aromatic carbocycles. The van der Waals surface area contributed by atoms with Crippen LogP contribution in [0.1, 0.15) is 52.9 Å². The molecule has 1 amide bonds. The number of nitrogens with one attached hydrogen (secondary N) is 1. The molecule has 1 rings (SSSR count). The van der Waals surface area contributed by atoms with Crippen LogP contribution in [-0.4, -0.2) is 39.7 Å². The number of primary amides is 1. The second-order valence-electron chi connectivity index (χ2n) is 5.67. The zero-order valence-electron chi connectivity index (χ0n) is 12.3. The lowest BCUT2D eigenvalue weighted by atomic mass is 9.80. The highest BCUT2D eigenvalue weighted by Gasteiger charge is 2.41. The molecule has 1 aliphatic carbocycles. The molecule has 4 nitrogen and oxygen atoms in total. The molecule has 0 aromatic rings. The highest BCUT2D eigenvalue weighted by molar-refractivity contribution is 8.00. The van der Waals surface area contributed by atoms with Crippen LogP contribution in [0.15, 0.2) is 0 Å². The predicted octanol–water partition coefficient (Wildman–Crippen LogP) is 1.66. The Morgan fingerprint density at radius 1 is 1.58 bits per heavy atom. The van der Waals surface area contributed by atoms with Gasteiger partial charge in [0.05, 0.1) is 11.6 Å². The third-order valence-corrected chi connectivity index (χ3v) is 5.59. The monoisotopic (exact) mass is 288 g/mol. The van der Waals surface area contributed by atoms with E-state index in [1.165, 1.54) is 0 Å². The van der Waals surface area contributed by atoms with Crippen LogP contribution >= 0.6 is 11.8 Å². The minimum Gasteiger partial charge on any atom is -0.392 e. The van der Waals surface area contributed by atoms with Crippen LogP contribution in [0.3, 0.4) is 0 Å². The van der Waals surface area contributed by atoms with Crippen molar-refractivity contribution in [3.05, 3.63) is 0 Å². The number of amides is 1. The summed E-state index contributed by atoms with van der Waals surface area (Å²) in [7, 11) is 0. The Balaban J connectivity index is 2.66. The fourth-order valence-corrected chi connectivity index (χ4v) is 4.11. The standard InChI is InChI=1S/C14H28N2O2S/c1-4-8-16-14(13(15)18)7-5-6-12(9-14)19-11(3)10(2)17/h10-12,16-17H,4-9H2,1-3H3,(H2,15,18). The van der Waals surface area contributed by atoms with Gasteiger partial charge in [-0.25, -0.2) is 0 Å². The minimum atomic E-state index is -0.537. The van der Waals surface area contributed by atoms with Crippen LogP contribution in [0.25, 0.3) is 0 Å². The summed E-state index contributed by atoms with van der Waals surface area (Å²) in [5, 5.41) is 13.6. The molecule has 4 N–H and O–H groups in total. The van der Waals surface area contributed by atoms with Crippen molar-refractivity contribution in [1.29, 1.82) is 0 Å². The second kappa shape index (κ2) is 7.50. The largest absolute Gasteiger partial charge is 0.392 e. The number of hydrogen-bond donors (Lipinski definition) is 3. The summed E-state index contributed by atoms with van der Waals surface area (Å²) in [4.78, 5) is 11.8. The van der Waals surface area contributed by atoms with Gasteiger partial charge in [0, 0.05) is 10.5 Å². The van der Waals surface area contributed by atoms with Crippen LogP contribution in [0.5, 0.6) is 0 Å². The van der Waals surface area contributed by atoms with Crippen LogP contribution in [0.2, 0.25) is 0 Å². The van der Waals surface area contributed by atoms with Crippen LogP contribution in [0.4, 0.5) is 0 Å². The highest BCUT2D eigenvalue weighted by atomic mass is 32.2. The van der Waals surface area contributed by atoms with Gasteiger partial charge in [0.1, 0.15) is 0 Å². The molecule has 4 unspecified atom stereocenters. The lowest BCUT2D eigenvalue weighted by Crippen LogP contribution is -2.58. The Bertz CT molecular complexity index is 299. The molecule has 0 heterocycles. The normalized spacial score (nSPS) is 30.8. The third kappa shape index (κ3) is 4.65. The van der Waals surface area contributed by atoms with Gasteiger partial charge in [-0.2, -0.15) is 11.8 Å². The number of aliphatic hydroxyl groups is 1. The van der Waals surface area contributed by atoms with Gasteiger partial charge in [-0.15, -0.1) is 0 Å². The number of thioether (sulfide) groups is 1. The van der Waals surface area contributed by atoms with Crippen molar-refractivity contribution >= 4 is 17.7 Å². The maximum atomic E-state index is 11.8. The van der Waals surface area contributed by atoms with E-state index in [-0.39, 0.29) is 17.3 Å². The summed E-state index contributed by atoms with van der Waals surface area (Å²) < 4.78 is 0. The van der Waals surface area contributed by atoms with Gasteiger partial charge >= 0.3 is 0 Å². The van der Waals surface area contributed by atoms with Gasteiger partial charge in [-0.1, -0.05) is 13.8 Å². The highest BCUT2D eigenvalue weighted by Crippen LogP contribution is 2.37. The first-order valence-electron chi connectivity index (χ1n) is 7.29. The maximum Gasteiger partial charge on any atom is 0.237 e. The number of aliphatic hydroxyl groups excluding tert-OH is 1. The Kier molecular flexibility index (Phi) is 6.63. The quantitative estimate of drug-likeness (QED) is 0.666. The van der Waals surface area contributed by atoms with E-state index in [1.807, 2.05) is 13.8 Å². The second-order valence-corrected chi connectivity index (χ2v) is 7.36. The lowest BCUT2D eigenvalue weighted by Gasteiger charge is -2.40. The van der Waals surface area contributed by atoms with Crippen LogP contribution in [-0.2, 0) is 4.79 Å². The Hall–Kier alpha value is -0.260. The molecule has 0 aliphatic heterocycles. The van der Waals surface area contributed by atoms with Gasteiger partial charge in [0.15, 0.2) is 0 Å². The Morgan fingerprint density at radius 3 is 2.79 bits per heavy atom. The van der Waals surface area contributed by atoms with E-state index in [4.69, 9.17) is 5.73 Å². The summed E-state index contributed by atoms with van der Waals surface area (Å²) in [5.74, 6) is -0.226. The van der Waals surface area contributed by atoms with Crippen molar-refractivity contribution in [2.75, 3.05) is 6.54 Å². The van der Waals surface area contributed by atoms with E-state index in [2.05, 4.69) is 12.2 Å². The molecule has 4 atom stereocenters. The molecule has 0 saturated heterocycles. The lowest BCUT2D eigenvalue weighted by molar-refractivity contribution is -0.125. The molecule has 0 aromatic heterocycles. The fraction of sp³-hybridized carbons (Fsp3) is 0.929. The molecular weight excluding hydrogens is 260 g/mol. The van der Waals surface area contributed by atoms with Crippen molar-refractivity contribution in [2.24, 2.45) is 5.73 Å². The van der Waals surface area contributed by atoms with Gasteiger partial charge in [-0.05, 0) is 45.6 Å². The zero-order valence-corrected chi connectivity index (χ0v) is 13.1. The summed E-state index contributed by atoms with van der Waals surface area (Å²) in [6.45, 7) is 6.77. The fourth-order valence-electron chi connectivity index (χ4n) is 2.59. The van der Waals surface area contributed by atoms with Gasteiger partial charge < -0.3 is 16.2 Å². The van der Waals surface area contributed by atoms with E-state index in [9.17, 15) is 9.90 Å². The molecule has 1 aliphatic rings. The molecule has 0 bridgehead atoms. The molecule has 1 fully saturated rings. The number of hydrogen-bond acceptors (Lipinski definition) is 4. The number of rotatable bonds is 7. The molecule has 0 spiro atoms. The summed E-state index contributed by atoms with van der Waals surface area (Å²) in [5.41, 5.74) is 5.10. The van der Waals surface area contributed by atoms with Crippen LogP contribution < -0.4 is 11.1 Å². The average Bonchev–Trinajstić information content (AvgIpc) is 2.36. The van der Waals surface area contributed by atoms with Crippen molar-refractivity contribution in [2.45, 2.75) is 75.0 Å². The zero-order chi connectivity index (χ0) is 14.5. The SMILES string of the molecule is CCCNC1(C(N)=O)CCCC(SC(C)C(C)O)C1. The topological polar surface area (TPSA) is 75.3 Å². The maximum absolute atomic E-state index is 11.8. The van der Waals surface area contributed by atoms with Crippen molar-refractivity contribution in [3.8, 4) is 0 Å². The average molecular weight is 288 g/mol. The number of carbonyl (C=O) groups excluding carboxylic acids is 1. The third-order valence-electron chi connectivity index (χ3n) is 3.98. The van der Waals surface area contributed by atoms with Gasteiger partial charge in [-0.3, -0.25) is 4.79 Å². The summed E-state index contributed by atoms with van der Waals surface area (Å²) >= 11 is 1.78. The Labute approximate surface area is 120 Å². The minimum absolute atomic E-state index is 0.194. The molecular formula is C14H28N2O2S. The first kappa shape index (κ1) is 16.8. The molecule has 0 radical (unpaired) electrons. The molecule has 1 saturated carbocycles. The van der Waals surface area contributed by atoms with Crippen molar-refractivity contribution < 1.29 is 9.90 Å². The van der Waals surface area contributed by atoms with E-state index in [0.717, 1.165) is 38.6 Å². The van der Waals surface area contributed by atoms with Gasteiger partial charge in [0.25, 0.3) is 0 Å². The van der Waals surface area contributed by atoms with E-state index in [0.29, 0.717) is 5.25 Å². The summed E-state index contributed by atoms with van der Waals surface area (Å²) in [6.07, 6.45) is 4.41. The smallest absolute Gasteiger partial charge is 0.237 e. The molecule has 19 heavy (non-hydrogen) atoms.